The van der Waals surface area contributed by atoms with Crippen LogP contribution in [0.1, 0.15) is 18.4 Å². The van der Waals surface area contributed by atoms with E-state index in [9.17, 15) is 8.42 Å². The van der Waals surface area contributed by atoms with E-state index < -0.39 is 9.84 Å². The first-order valence-electron chi connectivity index (χ1n) is 6.09. The summed E-state index contributed by atoms with van der Waals surface area (Å²) < 4.78 is 28.0. The number of anilines is 1. The minimum atomic E-state index is -2.85. The van der Waals surface area contributed by atoms with Crippen molar-refractivity contribution in [3.05, 3.63) is 23.8 Å². The zero-order valence-electron chi connectivity index (χ0n) is 10.7. The largest absolute Gasteiger partial charge is 0.495 e. The molecule has 1 heterocycles. The number of rotatable bonds is 3. The van der Waals surface area contributed by atoms with Crippen LogP contribution in [0.2, 0.25) is 0 Å². The molecule has 1 fully saturated rings. The molecule has 0 amide bonds. The van der Waals surface area contributed by atoms with Crippen LogP contribution in [-0.2, 0) is 9.84 Å². The van der Waals surface area contributed by atoms with Crippen LogP contribution in [0.25, 0.3) is 0 Å². The summed E-state index contributed by atoms with van der Waals surface area (Å²) >= 11 is 0. The fourth-order valence-corrected chi connectivity index (χ4v) is 3.63. The second kappa shape index (κ2) is 5.49. The van der Waals surface area contributed by atoms with Crippen LogP contribution in [0.3, 0.4) is 0 Å². The van der Waals surface area contributed by atoms with Crippen molar-refractivity contribution in [1.29, 1.82) is 5.26 Å². The van der Waals surface area contributed by atoms with Crippen LogP contribution >= 0.6 is 0 Å². The van der Waals surface area contributed by atoms with Gasteiger partial charge in [-0.05, 0) is 25.0 Å². The van der Waals surface area contributed by atoms with Gasteiger partial charge < -0.3 is 10.1 Å². The predicted octanol–water partition coefficient (Wildman–Crippen LogP) is 1.56. The van der Waals surface area contributed by atoms with Gasteiger partial charge in [0.15, 0.2) is 0 Å². The second-order valence-electron chi connectivity index (χ2n) is 4.60. The van der Waals surface area contributed by atoms with Gasteiger partial charge >= 0.3 is 0 Å². The Morgan fingerprint density at radius 2 is 2.05 bits per heavy atom. The number of sulfone groups is 1. The minimum absolute atomic E-state index is 0.130. The fraction of sp³-hybridized carbons (Fsp3) is 0.462. The Bertz CT molecular complexity index is 591. The van der Waals surface area contributed by atoms with Crippen LogP contribution in [0.4, 0.5) is 5.69 Å². The summed E-state index contributed by atoms with van der Waals surface area (Å²) in [7, 11) is -1.30. The van der Waals surface area contributed by atoms with Gasteiger partial charge in [0.2, 0.25) is 0 Å². The molecule has 0 saturated carbocycles. The van der Waals surface area contributed by atoms with Crippen LogP contribution < -0.4 is 10.1 Å². The molecule has 0 aliphatic carbocycles. The highest BCUT2D eigenvalue weighted by atomic mass is 32.2. The molecule has 0 bridgehead atoms. The number of nitriles is 1. The van der Waals surface area contributed by atoms with Gasteiger partial charge in [-0.3, -0.25) is 0 Å². The van der Waals surface area contributed by atoms with Crippen molar-refractivity contribution in [1.82, 2.24) is 0 Å². The molecule has 0 aromatic heterocycles. The molecule has 0 atom stereocenters. The van der Waals surface area contributed by atoms with E-state index >= 15 is 0 Å². The molecule has 1 aliphatic heterocycles. The van der Waals surface area contributed by atoms with Gasteiger partial charge in [-0.2, -0.15) is 5.26 Å². The number of nitrogens with zero attached hydrogens (tertiary/aromatic N) is 1. The van der Waals surface area contributed by atoms with E-state index in [1.54, 1.807) is 25.3 Å². The third-order valence-corrected chi connectivity index (χ3v) is 4.96. The predicted molar refractivity (Wildman–Crippen MR) is 73.0 cm³/mol. The van der Waals surface area contributed by atoms with Gasteiger partial charge in [-0.15, -0.1) is 0 Å². The highest BCUT2D eigenvalue weighted by molar-refractivity contribution is 7.91. The Hall–Kier alpha value is -1.74. The molecule has 1 aromatic carbocycles. The lowest BCUT2D eigenvalue weighted by Gasteiger charge is -2.25. The average molecular weight is 280 g/mol. The summed E-state index contributed by atoms with van der Waals surface area (Å²) in [6, 6.07) is 7.36. The first-order valence-corrected chi connectivity index (χ1v) is 7.91. The van der Waals surface area contributed by atoms with Crippen molar-refractivity contribution in [3.63, 3.8) is 0 Å². The first-order chi connectivity index (χ1) is 9.04. The molecule has 1 aliphatic rings. The summed E-state index contributed by atoms with van der Waals surface area (Å²) in [6.07, 6.45) is 1.21. The summed E-state index contributed by atoms with van der Waals surface area (Å²) in [6.45, 7) is 0. The molecule has 1 N–H and O–H groups in total. The molecule has 1 aromatic rings. The van der Waals surface area contributed by atoms with Crippen LogP contribution in [-0.4, -0.2) is 33.1 Å². The number of benzene rings is 1. The van der Waals surface area contributed by atoms with E-state index in [1.807, 2.05) is 0 Å². The number of hydrogen-bond donors (Lipinski definition) is 1. The second-order valence-corrected chi connectivity index (χ2v) is 6.90. The summed E-state index contributed by atoms with van der Waals surface area (Å²) in [5.41, 5.74) is 1.33. The monoisotopic (exact) mass is 280 g/mol. The van der Waals surface area contributed by atoms with Crippen LogP contribution in [0.5, 0.6) is 5.75 Å². The quantitative estimate of drug-likeness (QED) is 0.909. The molecule has 0 unspecified atom stereocenters. The Kier molecular flexibility index (Phi) is 3.96. The third-order valence-electron chi connectivity index (χ3n) is 3.24. The van der Waals surface area contributed by atoms with Crippen molar-refractivity contribution < 1.29 is 13.2 Å². The average Bonchev–Trinajstić information content (AvgIpc) is 2.41. The van der Waals surface area contributed by atoms with Crippen molar-refractivity contribution >= 4 is 15.5 Å². The zero-order valence-corrected chi connectivity index (χ0v) is 11.5. The van der Waals surface area contributed by atoms with Gasteiger partial charge in [0.25, 0.3) is 0 Å². The van der Waals surface area contributed by atoms with Gasteiger partial charge in [0.1, 0.15) is 15.6 Å². The summed E-state index contributed by atoms with van der Waals surface area (Å²) in [5, 5.41) is 12.1. The van der Waals surface area contributed by atoms with Gasteiger partial charge in [-0.1, -0.05) is 0 Å². The van der Waals surface area contributed by atoms with Crippen molar-refractivity contribution in [2.45, 2.75) is 18.9 Å². The number of methoxy groups -OCH3 is 1. The zero-order chi connectivity index (χ0) is 13.9. The Labute approximate surface area is 113 Å². The molecular formula is C13H16N2O3S. The lowest BCUT2D eigenvalue weighted by atomic mass is 10.1. The first kappa shape index (κ1) is 13.7. The summed E-state index contributed by atoms with van der Waals surface area (Å²) in [5.74, 6) is 1.06. The highest BCUT2D eigenvalue weighted by Gasteiger charge is 2.24. The van der Waals surface area contributed by atoms with Gasteiger partial charge in [0, 0.05) is 12.1 Å². The molecule has 102 valence electrons. The molecule has 19 heavy (non-hydrogen) atoms. The molecule has 1 saturated heterocycles. The van der Waals surface area contributed by atoms with E-state index in [2.05, 4.69) is 11.4 Å². The van der Waals surface area contributed by atoms with Crippen molar-refractivity contribution in [3.8, 4) is 11.8 Å². The molecule has 2 rings (SSSR count). The Morgan fingerprint density at radius 3 is 2.63 bits per heavy atom. The smallest absolute Gasteiger partial charge is 0.150 e. The van der Waals surface area contributed by atoms with Crippen LogP contribution in [0, 0.1) is 11.3 Å². The number of ether oxygens (including phenoxy) is 1. The summed E-state index contributed by atoms with van der Waals surface area (Å²) in [4.78, 5) is 0. The highest BCUT2D eigenvalue weighted by Crippen LogP contribution is 2.28. The van der Waals surface area contributed by atoms with E-state index in [0.717, 1.165) is 5.69 Å². The molecule has 6 heteroatoms. The van der Waals surface area contributed by atoms with Crippen molar-refractivity contribution in [2.24, 2.45) is 0 Å². The van der Waals surface area contributed by atoms with Gasteiger partial charge in [0.05, 0.1) is 35.9 Å². The maximum atomic E-state index is 11.4. The normalized spacial score (nSPS) is 18.5. The lowest BCUT2D eigenvalue weighted by molar-refractivity contribution is 0.415. The van der Waals surface area contributed by atoms with Gasteiger partial charge in [-0.25, -0.2) is 8.42 Å². The molecule has 0 spiro atoms. The maximum absolute atomic E-state index is 11.4. The van der Waals surface area contributed by atoms with E-state index in [1.165, 1.54) is 0 Å². The third kappa shape index (κ3) is 3.38. The van der Waals surface area contributed by atoms with E-state index in [4.69, 9.17) is 10.00 Å². The maximum Gasteiger partial charge on any atom is 0.150 e. The van der Waals surface area contributed by atoms with E-state index in [-0.39, 0.29) is 17.5 Å². The minimum Gasteiger partial charge on any atom is -0.495 e. The molecular weight excluding hydrogens is 264 g/mol. The standard InChI is InChI=1S/C13H16N2O3S/c1-18-13-8-10(9-14)2-3-12(13)15-11-4-6-19(16,17)7-5-11/h2-3,8,11,15H,4-7H2,1H3. The topological polar surface area (TPSA) is 79.2 Å². The number of hydrogen-bond acceptors (Lipinski definition) is 5. The molecule has 5 nitrogen and oxygen atoms in total. The molecule has 0 radical (unpaired) electrons. The van der Waals surface area contributed by atoms with Crippen LogP contribution in [0.15, 0.2) is 18.2 Å². The SMILES string of the molecule is COc1cc(C#N)ccc1NC1CCS(=O)(=O)CC1. The number of nitrogens with one attached hydrogen (secondary N) is 1. The fourth-order valence-electron chi connectivity index (χ4n) is 2.13. The Morgan fingerprint density at radius 1 is 1.37 bits per heavy atom. The van der Waals surface area contributed by atoms with Crippen molar-refractivity contribution in [2.75, 3.05) is 23.9 Å². The Balaban J connectivity index is 2.10. The van der Waals surface area contributed by atoms with E-state index in [0.29, 0.717) is 24.2 Å². The lowest BCUT2D eigenvalue weighted by Crippen LogP contribution is -2.32.